The summed E-state index contributed by atoms with van der Waals surface area (Å²) in [4.78, 5) is 21.5. The Balaban J connectivity index is 2.64. The Labute approximate surface area is 87.8 Å². The molecule has 0 amide bonds. The second-order valence-electron chi connectivity index (χ2n) is 3.21. The molecule has 1 aromatic carbocycles. The fraction of sp³-hybridized carbons (Fsp3) is 0.273. The largest absolute Gasteiger partial charge is 0.514 e. The van der Waals surface area contributed by atoms with E-state index in [2.05, 4.69) is 0 Å². The number of aldehydes is 1. The van der Waals surface area contributed by atoms with Gasteiger partial charge in [-0.05, 0) is 26.0 Å². The highest BCUT2D eigenvalue weighted by atomic mass is 16.7. The predicted octanol–water partition coefficient (Wildman–Crippen LogP) is 2.42. The summed E-state index contributed by atoms with van der Waals surface area (Å²) < 4.78 is 9.63. The molecule has 4 nitrogen and oxygen atoms in total. The zero-order valence-electron chi connectivity index (χ0n) is 8.60. The van der Waals surface area contributed by atoms with Crippen LogP contribution >= 0.6 is 0 Å². The molecule has 1 aromatic rings. The fourth-order valence-corrected chi connectivity index (χ4v) is 0.964. The summed E-state index contributed by atoms with van der Waals surface area (Å²) in [6.45, 7) is 3.45. The first-order chi connectivity index (χ1) is 7.11. The Morgan fingerprint density at radius 2 is 2.13 bits per heavy atom. The van der Waals surface area contributed by atoms with Crippen LogP contribution in [0.1, 0.15) is 24.2 Å². The maximum atomic E-state index is 11.1. The molecule has 15 heavy (non-hydrogen) atoms. The van der Waals surface area contributed by atoms with Gasteiger partial charge in [-0.15, -0.1) is 0 Å². The van der Waals surface area contributed by atoms with Crippen LogP contribution in [0.5, 0.6) is 5.75 Å². The van der Waals surface area contributed by atoms with Crippen molar-refractivity contribution >= 4 is 12.4 Å². The van der Waals surface area contributed by atoms with Crippen molar-refractivity contribution in [1.29, 1.82) is 0 Å². The molecule has 0 aliphatic heterocycles. The van der Waals surface area contributed by atoms with Crippen molar-refractivity contribution in [3.05, 3.63) is 29.8 Å². The van der Waals surface area contributed by atoms with Crippen LogP contribution in [0.3, 0.4) is 0 Å². The van der Waals surface area contributed by atoms with E-state index in [1.54, 1.807) is 32.0 Å². The second-order valence-corrected chi connectivity index (χ2v) is 3.21. The van der Waals surface area contributed by atoms with E-state index in [-0.39, 0.29) is 6.10 Å². The summed E-state index contributed by atoms with van der Waals surface area (Å²) in [7, 11) is 0. The fourth-order valence-electron chi connectivity index (χ4n) is 0.964. The van der Waals surface area contributed by atoms with E-state index < -0.39 is 6.16 Å². The van der Waals surface area contributed by atoms with E-state index in [0.717, 1.165) is 0 Å². The molecule has 0 atom stereocenters. The predicted molar refractivity (Wildman–Crippen MR) is 54.1 cm³/mol. The first kappa shape index (κ1) is 11.2. The van der Waals surface area contributed by atoms with Crippen molar-refractivity contribution in [3.63, 3.8) is 0 Å². The lowest BCUT2D eigenvalue weighted by Gasteiger charge is -2.08. The molecule has 0 heterocycles. The third kappa shape index (κ3) is 3.81. The Bertz CT molecular complexity index is 357. The lowest BCUT2D eigenvalue weighted by molar-refractivity contribution is 0.0728. The van der Waals surface area contributed by atoms with Gasteiger partial charge < -0.3 is 9.47 Å². The number of carbonyl (C=O) groups excluding carboxylic acids is 2. The van der Waals surface area contributed by atoms with E-state index >= 15 is 0 Å². The average Bonchev–Trinajstić information content (AvgIpc) is 2.16. The molecule has 0 unspecified atom stereocenters. The normalized spacial score (nSPS) is 9.80. The SMILES string of the molecule is CC(C)OC(=O)Oc1cccc(C=O)c1. The van der Waals surface area contributed by atoms with Crippen LogP contribution in [0.25, 0.3) is 0 Å². The van der Waals surface area contributed by atoms with E-state index in [4.69, 9.17) is 9.47 Å². The Hall–Kier alpha value is -1.84. The first-order valence-electron chi connectivity index (χ1n) is 4.55. The van der Waals surface area contributed by atoms with Crippen LogP contribution in [0.2, 0.25) is 0 Å². The maximum absolute atomic E-state index is 11.1. The summed E-state index contributed by atoms with van der Waals surface area (Å²) in [6, 6.07) is 6.29. The van der Waals surface area contributed by atoms with Gasteiger partial charge in [-0.1, -0.05) is 12.1 Å². The third-order valence-corrected chi connectivity index (χ3v) is 1.53. The third-order valence-electron chi connectivity index (χ3n) is 1.53. The van der Waals surface area contributed by atoms with Crippen molar-refractivity contribution in [3.8, 4) is 5.75 Å². The molecule has 0 fully saturated rings. The summed E-state index contributed by atoms with van der Waals surface area (Å²) in [5.74, 6) is 0.297. The number of hydrogen-bond acceptors (Lipinski definition) is 4. The Kier molecular flexibility index (Phi) is 3.85. The van der Waals surface area contributed by atoms with Gasteiger partial charge in [-0.3, -0.25) is 4.79 Å². The summed E-state index contributed by atoms with van der Waals surface area (Å²) >= 11 is 0. The zero-order valence-corrected chi connectivity index (χ0v) is 8.60. The molecule has 0 spiro atoms. The monoisotopic (exact) mass is 208 g/mol. The average molecular weight is 208 g/mol. The number of rotatable bonds is 3. The summed E-state index contributed by atoms with van der Waals surface area (Å²) in [5.41, 5.74) is 0.449. The van der Waals surface area contributed by atoms with Gasteiger partial charge in [0.1, 0.15) is 12.0 Å². The minimum absolute atomic E-state index is 0.230. The molecule has 1 rings (SSSR count). The number of ether oxygens (including phenoxy) is 2. The molecule has 80 valence electrons. The molecule has 0 aromatic heterocycles. The van der Waals surface area contributed by atoms with Gasteiger partial charge in [-0.25, -0.2) is 4.79 Å². The van der Waals surface area contributed by atoms with Gasteiger partial charge in [-0.2, -0.15) is 0 Å². The zero-order chi connectivity index (χ0) is 11.3. The topological polar surface area (TPSA) is 52.6 Å². The van der Waals surface area contributed by atoms with E-state index in [1.807, 2.05) is 0 Å². The van der Waals surface area contributed by atoms with Crippen LogP contribution in [0, 0.1) is 0 Å². The van der Waals surface area contributed by atoms with Crippen molar-refractivity contribution < 1.29 is 19.1 Å². The van der Waals surface area contributed by atoms with Crippen molar-refractivity contribution in [2.75, 3.05) is 0 Å². The molecule has 0 saturated carbocycles. The summed E-state index contributed by atoms with van der Waals surface area (Å²) in [5, 5.41) is 0. The molecule has 0 saturated heterocycles. The van der Waals surface area contributed by atoms with Gasteiger partial charge in [0.25, 0.3) is 0 Å². The van der Waals surface area contributed by atoms with E-state index in [1.165, 1.54) is 6.07 Å². The van der Waals surface area contributed by atoms with Crippen LogP contribution < -0.4 is 4.74 Å². The minimum atomic E-state index is -0.770. The van der Waals surface area contributed by atoms with Crippen LogP contribution in [-0.4, -0.2) is 18.5 Å². The first-order valence-corrected chi connectivity index (χ1v) is 4.55. The molecule has 0 aliphatic rings. The molecular formula is C11H12O4. The number of carbonyl (C=O) groups is 2. The standard InChI is InChI=1S/C11H12O4/c1-8(2)14-11(13)15-10-5-3-4-9(6-10)7-12/h3-8H,1-2H3. The lowest BCUT2D eigenvalue weighted by atomic mass is 10.2. The minimum Gasteiger partial charge on any atom is -0.431 e. The molecule has 0 aliphatic carbocycles. The number of benzene rings is 1. The Morgan fingerprint density at radius 1 is 1.40 bits per heavy atom. The van der Waals surface area contributed by atoms with Gasteiger partial charge in [0.05, 0.1) is 6.10 Å². The Morgan fingerprint density at radius 3 is 2.73 bits per heavy atom. The summed E-state index contributed by atoms with van der Waals surface area (Å²) in [6.07, 6.45) is -0.319. The van der Waals surface area contributed by atoms with Crippen LogP contribution in [-0.2, 0) is 4.74 Å². The van der Waals surface area contributed by atoms with Crippen molar-refractivity contribution in [2.24, 2.45) is 0 Å². The lowest BCUT2D eigenvalue weighted by Crippen LogP contribution is -2.15. The highest BCUT2D eigenvalue weighted by molar-refractivity contribution is 5.76. The molecular weight excluding hydrogens is 196 g/mol. The highest BCUT2D eigenvalue weighted by Crippen LogP contribution is 2.12. The van der Waals surface area contributed by atoms with E-state index in [9.17, 15) is 9.59 Å². The number of hydrogen-bond donors (Lipinski definition) is 0. The molecule has 0 bridgehead atoms. The maximum Gasteiger partial charge on any atom is 0.514 e. The van der Waals surface area contributed by atoms with Crippen molar-refractivity contribution in [1.82, 2.24) is 0 Å². The van der Waals surface area contributed by atoms with Crippen LogP contribution in [0.15, 0.2) is 24.3 Å². The second kappa shape index (κ2) is 5.14. The molecule has 0 radical (unpaired) electrons. The quantitative estimate of drug-likeness (QED) is 0.435. The van der Waals surface area contributed by atoms with E-state index in [0.29, 0.717) is 17.6 Å². The van der Waals surface area contributed by atoms with Gasteiger partial charge >= 0.3 is 6.16 Å². The van der Waals surface area contributed by atoms with Gasteiger partial charge in [0.2, 0.25) is 0 Å². The van der Waals surface area contributed by atoms with Crippen molar-refractivity contribution in [2.45, 2.75) is 20.0 Å². The molecule has 4 heteroatoms. The smallest absolute Gasteiger partial charge is 0.431 e. The van der Waals surface area contributed by atoms with Gasteiger partial charge in [0, 0.05) is 5.56 Å². The molecule has 0 N–H and O–H groups in total. The van der Waals surface area contributed by atoms with Crippen LogP contribution in [0.4, 0.5) is 4.79 Å². The van der Waals surface area contributed by atoms with Gasteiger partial charge in [0.15, 0.2) is 0 Å². The highest BCUT2D eigenvalue weighted by Gasteiger charge is 2.08.